The molecule has 0 unspecified atom stereocenters. The summed E-state index contributed by atoms with van der Waals surface area (Å²) in [4.78, 5) is 67.4. The van der Waals surface area contributed by atoms with Gasteiger partial charge in [-0.2, -0.15) is 0 Å². The molecule has 172 valence electrons. The maximum Gasteiger partial charge on any atom is 0.354 e. The van der Waals surface area contributed by atoms with Gasteiger partial charge in [0.05, 0.1) is 23.6 Å². The molecule has 0 bridgehead atoms. The van der Waals surface area contributed by atoms with E-state index in [4.69, 9.17) is 0 Å². The fraction of sp³-hybridized carbons (Fsp3) is 0.208. The lowest BCUT2D eigenvalue weighted by Gasteiger charge is -2.34. The molecule has 3 amide bonds. The average Bonchev–Trinajstić information content (AvgIpc) is 3.26. The molecule has 0 N–H and O–H groups in total. The number of benzene rings is 2. The Bertz CT molecular complexity index is 1510. The van der Waals surface area contributed by atoms with E-state index in [2.05, 4.69) is 0 Å². The Hall–Kier alpha value is -4.47. The maximum atomic E-state index is 13.6. The molecule has 0 radical (unpaired) electrons. The Morgan fingerprint density at radius 2 is 1.47 bits per heavy atom. The van der Waals surface area contributed by atoms with E-state index in [1.165, 1.54) is 35.0 Å². The zero-order valence-corrected chi connectivity index (χ0v) is 18.8. The molecule has 1 atom stereocenters. The van der Waals surface area contributed by atoms with Crippen molar-refractivity contribution in [2.24, 2.45) is 0 Å². The summed E-state index contributed by atoms with van der Waals surface area (Å²) in [7, 11) is 0. The van der Waals surface area contributed by atoms with Crippen molar-refractivity contribution in [3.8, 4) is 5.69 Å². The first-order chi connectivity index (χ1) is 16.2. The number of fused-ring (bicyclic) bond motifs is 5. The monoisotopic (exact) mass is 459 g/mol. The molecule has 2 aromatic carbocycles. The van der Waals surface area contributed by atoms with Crippen LogP contribution in [0.1, 0.15) is 32.5 Å². The highest BCUT2D eigenvalue weighted by molar-refractivity contribution is 6.05. The number of rotatable bonds is 2. The lowest BCUT2D eigenvalue weighted by Crippen LogP contribution is -2.47. The molecule has 3 heterocycles. The van der Waals surface area contributed by atoms with Gasteiger partial charge in [0.2, 0.25) is 17.7 Å². The normalized spacial score (nSPS) is 16.1. The van der Waals surface area contributed by atoms with Crippen molar-refractivity contribution in [1.29, 1.82) is 0 Å². The van der Waals surface area contributed by atoms with Crippen LogP contribution in [-0.4, -0.2) is 36.6 Å². The van der Waals surface area contributed by atoms with E-state index in [0.717, 1.165) is 9.47 Å². The van der Waals surface area contributed by atoms with Crippen LogP contribution in [0, 0.1) is 0 Å². The SMILES string of the molecule is CC(=O)N(C(C)=O)C1=C2c3ccccc3N(C(C)=O)[C@H]2n2c(=O)n(-c3ccccc3)c(=O)n2C1. The van der Waals surface area contributed by atoms with Gasteiger partial charge in [-0.05, 0) is 18.2 Å². The zero-order chi connectivity index (χ0) is 24.3. The first kappa shape index (κ1) is 21.4. The Morgan fingerprint density at radius 1 is 0.853 bits per heavy atom. The number of hydrogen-bond donors (Lipinski definition) is 0. The van der Waals surface area contributed by atoms with Gasteiger partial charge in [0.15, 0.2) is 6.17 Å². The molecule has 0 saturated carbocycles. The largest absolute Gasteiger partial charge is 0.354 e. The average molecular weight is 459 g/mol. The summed E-state index contributed by atoms with van der Waals surface area (Å²) in [5.41, 5.74) is 0.961. The lowest BCUT2D eigenvalue weighted by atomic mass is 10.0. The summed E-state index contributed by atoms with van der Waals surface area (Å²) < 4.78 is 3.43. The van der Waals surface area contributed by atoms with E-state index in [0.29, 0.717) is 22.5 Å². The van der Waals surface area contributed by atoms with Gasteiger partial charge in [-0.3, -0.25) is 24.2 Å². The third-order valence-electron chi connectivity index (χ3n) is 6.11. The Morgan fingerprint density at radius 3 is 2.09 bits per heavy atom. The maximum absolute atomic E-state index is 13.6. The van der Waals surface area contributed by atoms with Crippen LogP contribution in [0.15, 0.2) is 69.9 Å². The van der Waals surface area contributed by atoms with Crippen molar-refractivity contribution < 1.29 is 14.4 Å². The van der Waals surface area contributed by atoms with Crippen LogP contribution >= 0.6 is 0 Å². The van der Waals surface area contributed by atoms with Gasteiger partial charge >= 0.3 is 11.4 Å². The minimum atomic E-state index is -1.04. The molecule has 0 spiro atoms. The topological polar surface area (TPSA) is 107 Å². The molecule has 0 aliphatic carbocycles. The van der Waals surface area contributed by atoms with E-state index >= 15 is 0 Å². The minimum Gasteiger partial charge on any atom is -0.285 e. The number of carbonyl (C=O) groups excluding carboxylic acids is 3. The molecule has 3 aromatic rings. The quantitative estimate of drug-likeness (QED) is 0.577. The van der Waals surface area contributed by atoms with Crippen LogP contribution in [0.25, 0.3) is 11.3 Å². The number of nitrogens with zero attached hydrogens (tertiary/aromatic N) is 5. The van der Waals surface area contributed by atoms with Crippen LogP contribution in [0.4, 0.5) is 5.69 Å². The molecule has 2 aliphatic rings. The van der Waals surface area contributed by atoms with Gasteiger partial charge in [-0.25, -0.2) is 23.5 Å². The summed E-state index contributed by atoms with van der Waals surface area (Å²) in [6.07, 6.45) is -1.04. The van der Waals surface area contributed by atoms with Gasteiger partial charge < -0.3 is 0 Å². The van der Waals surface area contributed by atoms with Gasteiger partial charge in [-0.1, -0.05) is 36.4 Å². The van der Waals surface area contributed by atoms with E-state index in [1.807, 2.05) is 0 Å². The molecule has 2 aliphatic heterocycles. The van der Waals surface area contributed by atoms with Crippen LogP contribution < -0.4 is 16.3 Å². The van der Waals surface area contributed by atoms with Gasteiger partial charge in [-0.15, -0.1) is 0 Å². The predicted octanol–water partition coefficient (Wildman–Crippen LogP) is 1.49. The second-order valence-corrected chi connectivity index (χ2v) is 8.15. The highest BCUT2D eigenvalue weighted by atomic mass is 16.2. The third kappa shape index (κ3) is 2.84. The Kier molecular flexibility index (Phi) is 4.75. The predicted molar refractivity (Wildman–Crippen MR) is 123 cm³/mol. The molecular weight excluding hydrogens is 438 g/mol. The number of imide groups is 1. The van der Waals surface area contributed by atoms with Gasteiger partial charge in [0.25, 0.3) is 0 Å². The van der Waals surface area contributed by atoms with Crippen molar-refractivity contribution in [1.82, 2.24) is 18.8 Å². The molecular formula is C24H21N5O5. The molecule has 10 nitrogen and oxygen atoms in total. The summed E-state index contributed by atoms with van der Waals surface area (Å²) in [5.74, 6) is -1.41. The highest BCUT2D eigenvalue weighted by Crippen LogP contribution is 2.49. The Balaban J connectivity index is 1.88. The zero-order valence-electron chi connectivity index (χ0n) is 18.8. The lowest BCUT2D eigenvalue weighted by molar-refractivity contribution is -0.139. The van der Waals surface area contributed by atoms with Crippen LogP contribution in [-0.2, 0) is 20.9 Å². The fourth-order valence-corrected chi connectivity index (χ4v) is 4.88. The fourth-order valence-electron chi connectivity index (χ4n) is 4.88. The Labute approximate surface area is 193 Å². The summed E-state index contributed by atoms with van der Waals surface area (Å²) in [6.45, 7) is 3.68. The third-order valence-corrected chi connectivity index (χ3v) is 6.11. The van der Waals surface area contributed by atoms with Crippen LogP contribution in [0.5, 0.6) is 0 Å². The van der Waals surface area contributed by atoms with Crippen molar-refractivity contribution in [2.45, 2.75) is 33.5 Å². The number of allylic oxidation sites excluding steroid dienone is 1. The number of anilines is 1. The van der Waals surface area contributed by atoms with E-state index in [1.54, 1.807) is 54.6 Å². The van der Waals surface area contributed by atoms with Crippen molar-refractivity contribution >= 4 is 29.0 Å². The molecule has 5 rings (SSSR count). The van der Waals surface area contributed by atoms with E-state index in [-0.39, 0.29) is 18.1 Å². The van der Waals surface area contributed by atoms with Crippen LogP contribution in [0.2, 0.25) is 0 Å². The van der Waals surface area contributed by atoms with E-state index in [9.17, 15) is 24.0 Å². The second-order valence-electron chi connectivity index (χ2n) is 8.15. The smallest absolute Gasteiger partial charge is 0.285 e. The second kappa shape index (κ2) is 7.55. The van der Waals surface area contributed by atoms with Crippen molar-refractivity contribution in [3.05, 3.63) is 86.8 Å². The molecule has 34 heavy (non-hydrogen) atoms. The number of para-hydroxylation sites is 2. The van der Waals surface area contributed by atoms with Crippen LogP contribution in [0.3, 0.4) is 0 Å². The molecule has 1 aromatic heterocycles. The number of carbonyl (C=O) groups is 3. The highest BCUT2D eigenvalue weighted by Gasteiger charge is 2.46. The van der Waals surface area contributed by atoms with Gasteiger partial charge in [0.1, 0.15) is 0 Å². The standard InChI is InChI=1S/C24H21N5O5/c1-14(30)26(15(2)31)20-13-25-23(33)28(17-9-5-4-6-10-17)24(34)29(25)22-21(20)18-11-7-8-12-19(18)27(22)16(3)32/h4-12,22H,13H2,1-3H3/t22-/m0/s1. The number of aromatic nitrogens is 3. The first-order valence-corrected chi connectivity index (χ1v) is 10.7. The van der Waals surface area contributed by atoms with E-state index < -0.39 is 29.4 Å². The number of hydrogen-bond acceptors (Lipinski definition) is 5. The summed E-state index contributed by atoms with van der Waals surface area (Å²) >= 11 is 0. The summed E-state index contributed by atoms with van der Waals surface area (Å²) in [5, 5.41) is 0. The molecule has 10 heteroatoms. The van der Waals surface area contributed by atoms with Crippen molar-refractivity contribution in [3.63, 3.8) is 0 Å². The molecule has 0 saturated heterocycles. The first-order valence-electron chi connectivity index (χ1n) is 10.7. The molecule has 0 fully saturated rings. The van der Waals surface area contributed by atoms with Gasteiger partial charge in [0, 0.05) is 31.9 Å². The van der Waals surface area contributed by atoms with Crippen molar-refractivity contribution in [2.75, 3.05) is 4.90 Å². The summed E-state index contributed by atoms with van der Waals surface area (Å²) in [6, 6.07) is 15.5. The number of amides is 3. The minimum absolute atomic E-state index is 0.195.